The van der Waals surface area contributed by atoms with Crippen LogP contribution in [0.5, 0.6) is 0 Å². The average Bonchev–Trinajstić information content (AvgIpc) is 2.77. The van der Waals surface area contributed by atoms with Gasteiger partial charge >= 0.3 is 180 Å². The first-order chi connectivity index (χ1) is 14.7. The van der Waals surface area contributed by atoms with Gasteiger partial charge in [0.25, 0.3) is 0 Å². The zero-order valence-corrected chi connectivity index (χ0v) is 17.9. The average molecular weight is 474 g/mol. The summed E-state index contributed by atoms with van der Waals surface area (Å²) in [6, 6.07) is 18.7. The van der Waals surface area contributed by atoms with Gasteiger partial charge in [-0.3, -0.25) is 0 Å². The molecule has 0 aliphatic carbocycles. The van der Waals surface area contributed by atoms with Crippen molar-refractivity contribution in [1.29, 1.82) is 0 Å². The van der Waals surface area contributed by atoms with Crippen LogP contribution in [0.3, 0.4) is 0 Å². The van der Waals surface area contributed by atoms with E-state index in [2.05, 4.69) is 10.0 Å². The fourth-order valence-electron chi connectivity index (χ4n) is 3.58. The van der Waals surface area contributed by atoms with Crippen molar-refractivity contribution < 1.29 is 23.7 Å². The van der Waals surface area contributed by atoms with Crippen LogP contribution in [0, 0.1) is 0 Å². The Hall–Kier alpha value is -2.38. The summed E-state index contributed by atoms with van der Waals surface area (Å²) >= 11 is -0.167. The van der Waals surface area contributed by atoms with Gasteiger partial charge < -0.3 is 0 Å². The molecule has 0 N–H and O–H groups in total. The molecule has 0 radical (unpaired) electrons. The van der Waals surface area contributed by atoms with Crippen LogP contribution in [0.1, 0.15) is 18.8 Å². The number of ether oxygens (including phenoxy) is 4. The van der Waals surface area contributed by atoms with Gasteiger partial charge in [0.15, 0.2) is 0 Å². The third-order valence-electron chi connectivity index (χ3n) is 4.86. The van der Waals surface area contributed by atoms with E-state index >= 15 is 0 Å². The minimum absolute atomic E-state index is 0.167. The molecule has 0 amide bonds. The van der Waals surface area contributed by atoms with Crippen LogP contribution < -0.4 is 4.46 Å². The Labute approximate surface area is 180 Å². The molecular formula is C21H21N3O5Se. The van der Waals surface area contributed by atoms with Gasteiger partial charge in [0, 0.05) is 0 Å². The molecule has 8 nitrogen and oxygen atoms in total. The van der Waals surface area contributed by atoms with E-state index in [-0.39, 0.29) is 21.6 Å². The summed E-state index contributed by atoms with van der Waals surface area (Å²) < 4.78 is 25.1. The molecule has 0 bridgehead atoms. The zero-order valence-electron chi connectivity index (χ0n) is 16.2. The molecule has 9 heteroatoms. The summed E-state index contributed by atoms with van der Waals surface area (Å²) in [6.45, 7) is 1.62. The summed E-state index contributed by atoms with van der Waals surface area (Å²) in [7, 11) is 0. The number of esters is 1. The summed E-state index contributed by atoms with van der Waals surface area (Å²) in [5, 5.41) is 3.54. The number of carbonyl (C=O) groups excluding carboxylic acids is 1. The van der Waals surface area contributed by atoms with Crippen LogP contribution in [0.25, 0.3) is 10.4 Å². The normalized spacial score (nSPS) is 30.6. The maximum absolute atomic E-state index is 11.9. The van der Waals surface area contributed by atoms with Crippen LogP contribution in [0.4, 0.5) is 0 Å². The molecule has 2 aliphatic rings. The number of azide groups is 1. The van der Waals surface area contributed by atoms with Gasteiger partial charge in [0.1, 0.15) is 0 Å². The Balaban J connectivity index is 1.61. The molecule has 2 heterocycles. The van der Waals surface area contributed by atoms with E-state index in [1.807, 2.05) is 60.7 Å². The van der Waals surface area contributed by atoms with Crippen molar-refractivity contribution in [1.82, 2.24) is 0 Å². The van der Waals surface area contributed by atoms with Gasteiger partial charge in [-0.2, -0.15) is 0 Å². The first kappa shape index (κ1) is 20.9. The molecule has 2 fully saturated rings. The monoisotopic (exact) mass is 475 g/mol. The molecule has 2 aliphatic heterocycles. The number of rotatable bonds is 5. The fraction of sp³-hybridized carbons (Fsp3) is 0.381. The quantitative estimate of drug-likeness (QED) is 0.218. The van der Waals surface area contributed by atoms with Crippen molar-refractivity contribution in [2.45, 2.75) is 42.6 Å². The van der Waals surface area contributed by atoms with E-state index in [9.17, 15) is 10.3 Å². The fourth-order valence-corrected chi connectivity index (χ4v) is 5.95. The Morgan fingerprint density at radius 2 is 1.83 bits per heavy atom. The third kappa shape index (κ3) is 4.68. The van der Waals surface area contributed by atoms with Gasteiger partial charge in [0.2, 0.25) is 0 Å². The van der Waals surface area contributed by atoms with Gasteiger partial charge in [-0.1, -0.05) is 0 Å². The molecular weight excluding hydrogens is 453 g/mol. The third-order valence-corrected chi connectivity index (χ3v) is 7.31. The molecule has 156 valence electrons. The second-order valence-corrected chi connectivity index (χ2v) is 9.38. The number of hydrogen-bond donors (Lipinski definition) is 0. The molecule has 6 atom stereocenters. The van der Waals surface area contributed by atoms with Crippen molar-refractivity contribution >= 4 is 25.4 Å². The summed E-state index contributed by atoms with van der Waals surface area (Å²) in [5.41, 5.74) is 10.0. The summed E-state index contributed by atoms with van der Waals surface area (Å²) in [6.07, 6.45) is -2.42. The number of fused-ring (bicyclic) bond motifs is 1. The Kier molecular flexibility index (Phi) is 6.69. The molecule has 2 aromatic carbocycles. The molecule has 30 heavy (non-hydrogen) atoms. The second kappa shape index (κ2) is 9.62. The minimum atomic E-state index is -0.761. The predicted molar refractivity (Wildman–Crippen MR) is 109 cm³/mol. The first-order valence-electron chi connectivity index (χ1n) is 9.56. The second-order valence-electron chi connectivity index (χ2n) is 6.92. The van der Waals surface area contributed by atoms with Gasteiger partial charge in [-0.15, -0.1) is 0 Å². The maximum atomic E-state index is 11.9. The molecule has 0 aromatic heterocycles. The molecule has 2 aromatic rings. The molecule has 2 saturated heterocycles. The first-order valence-corrected chi connectivity index (χ1v) is 11.4. The number of carbonyl (C=O) groups is 1. The van der Waals surface area contributed by atoms with Crippen molar-refractivity contribution in [3.05, 3.63) is 76.7 Å². The topological polar surface area (TPSA) is 103 Å². The van der Waals surface area contributed by atoms with Crippen molar-refractivity contribution in [2.75, 3.05) is 6.61 Å². The molecule has 0 saturated carbocycles. The van der Waals surface area contributed by atoms with Crippen LogP contribution >= 0.6 is 0 Å². The van der Waals surface area contributed by atoms with Crippen molar-refractivity contribution in [3.63, 3.8) is 0 Å². The number of hydrogen-bond acceptors (Lipinski definition) is 6. The van der Waals surface area contributed by atoms with Crippen LogP contribution in [0.2, 0.25) is 0 Å². The molecule has 0 spiro atoms. The summed E-state index contributed by atoms with van der Waals surface area (Å²) in [4.78, 5) is 14.9. The van der Waals surface area contributed by atoms with E-state index < -0.39 is 41.6 Å². The SMILES string of the molecule is CC(=O)O[C@@H]1[C@@H](N=[N+]=[N-])[C@@H]([Se]c2ccccc2)O[C@@H]2COC(c3ccccc3)O[C@H]12. The number of benzene rings is 2. The Morgan fingerprint density at radius 1 is 1.13 bits per heavy atom. The van der Waals surface area contributed by atoms with Crippen LogP contribution in [-0.4, -0.2) is 56.9 Å². The van der Waals surface area contributed by atoms with Gasteiger partial charge in [-0.05, 0) is 0 Å². The van der Waals surface area contributed by atoms with Crippen LogP contribution in [-0.2, 0) is 23.7 Å². The van der Waals surface area contributed by atoms with E-state index in [0.29, 0.717) is 0 Å². The standard InChI is InChI=1S/C21H21N3O5Se/c1-13(25)27-19-17(23-24-22)21(30-15-10-6-3-7-11-15)28-16-12-26-20(29-18(16)19)14-8-4-2-5-9-14/h2-11,16-21H,12H2,1H3/t16-,17-,18+,19-,20?,21-/m1/s1. The Morgan fingerprint density at radius 3 is 2.50 bits per heavy atom. The van der Waals surface area contributed by atoms with Crippen LogP contribution in [0.15, 0.2) is 65.8 Å². The Bertz CT molecular complexity index is 909. The van der Waals surface area contributed by atoms with Gasteiger partial charge in [0.05, 0.1) is 0 Å². The van der Waals surface area contributed by atoms with E-state index in [4.69, 9.17) is 18.9 Å². The van der Waals surface area contributed by atoms with E-state index in [0.717, 1.165) is 10.0 Å². The predicted octanol–water partition coefficient (Wildman–Crippen LogP) is 2.47. The zero-order chi connectivity index (χ0) is 20.9. The molecule has 1 unspecified atom stereocenters. The van der Waals surface area contributed by atoms with Crippen molar-refractivity contribution in [3.8, 4) is 0 Å². The van der Waals surface area contributed by atoms with E-state index in [1.54, 1.807) is 0 Å². The number of nitrogens with zero attached hydrogens (tertiary/aromatic N) is 3. The van der Waals surface area contributed by atoms with E-state index in [1.165, 1.54) is 6.92 Å². The van der Waals surface area contributed by atoms with Gasteiger partial charge in [-0.25, -0.2) is 0 Å². The molecule has 4 rings (SSSR count). The van der Waals surface area contributed by atoms with Crippen molar-refractivity contribution in [2.24, 2.45) is 5.11 Å². The summed E-state index contributed by atoms with van der Waals surface area (Å²) in [5.74, 6) is -0.462.